The highest BCUT2D eigenvalue weighted by Crippen LogP contribution is 2.26. The molecule has 1 fully saturated rings. The monoisotopic (exact) mass is 471 g/mol. The van der Waals surface area contributed by atoms with Crippen molar-refractivity contribution in [2.24, 2.45) is 0 Å². The predicted molar refractivity (Wildman–Crippen MR) is 119 cm³/mol. The minimum absolute atomic E-state index is 0. The fourth-order valence-electron chi connectivity index (χ4n) is 3.07. The molecule has 0 spiro atoms. The van der Waals surface area contributed by atoms with Gasteiger partial charge in [0.1, 0.15) is 12.1 Å². The Labute approximate surface area is 189 Å². The van der Waals surface area contributed by atoms with Crippen molar-refractivity contribution in [1.82, 2.24) is 24.6 Å². The maximum Gasteiger partial charge on any atom is 0.324 e. The Bertz CT molecular complexity index is 1020. The van der Waals surface area contributed by atoms with Crippen LogP contribution in [0, 0.1) is 0 Å². The number of nitrogens with one attached hydrogen (secondary N) is 2. The van der Waals surface area contributed by atoms with E-state index in [1.54, 1.807) is 24.4 Å². The number of morpholine rings is 1. The Kier molecular flexibility index (Phi) is 7.68. The van der Waals surface area contributed by atoms with Crippen molar-refractivity contribution in [2.75, 3.05) is 43.5 Å². The lowest BCUT2D eigenvalue weighted by Gasteiger charge is -2.26. The molecule has 0 aliphatic carbocycles. The normalized spacial score (nSPS) is 14.3. The first kappa shape index (κ1) is 22.5. The molecule has 0 saturated carbocycles. The SMILES string of the molecule is Cl.O=C(Nc1ccc(Cl)cc1Cl)Nc1ncnc2c1cnn2CCN1CCOCC1. The van der Waals surface area contributed by atoms with Crippen LogP contribution in [-0.4, -0.2) is 63.5 Å². The van der Waals surface area contributed by atoms with Crippen LogP contribution in [0.5, 0.6) is 0 Å². The molecule has 3 aromatic rings. The Hall–Kier alpha value is -2.17. The number of nitrogens with zero attached hydrogens (tertiary/aromatic N) is 5. The zero-order chi connectivity index (χ0) is 20.2. The van der Waals surface area contributed by atoms with Crippen molar-refractivity contribution in [2.45, 2.75) is 6.54 Å². The summed E-state index contributed by atoms with van der Waals surface area (Å²) in [4.78, 5) is 23.2. The number of hydrogen-bond donors (Lipinski definition) is 2. The Morgan fingerprint density at radius 1 is 1.13 bits per heavy atom. The number of benzene rings is 1. The molecule has 2 aromatic heterocycles. The molecule has 3 heterocycles. The number of hydrogen-bond acceptors (Lipinski definition) is 6. The van der Waals surface area contributed by atoms with Gasteiger partial charge in [-0.15, -0.1) is 12.4 Å². The van der Waals surface area contributed by atoms with Crippen LogP contribution in [-0.2, 0) is 11.3 Å². The fraction of sp³-hybridized carbons (Fsp3) is 0.333. The third-order valence-electron chi connectivity index (χ3n) is 4.58. The third-order valence-corrected chi connectivity index (χ3v) is 5.12. The van der Waals surface area contributed by atoms with E-state index in [0.29, 0.717) is 39.1 Å². The number of ether oxygens (including phenoxy) is 1. The zero-order valence-electron chi connectivity index (χ0n) is 15.8. The number of urea groups is 1. The number of fused-ring (bicyclic) bond motifs is 1. The van der Waals surface area contributed by atoms with Gasteiger partial charge < -0.3 is 10.1 Å². The first-order valence-corrected chi connectivity index (χ1v) is 9.85. The lowest BCUT2D eigenvalue weighted by molar-refractivity contribution is 0.0361. The third kappa shape index (κ3) is 5.30. The molecule has 1 aliphatic rings. The largest absolute Gasteiger partial charge is 0.379 e. The molecule has 12 heteroatoms. The second kappa shape index (κ2) is 10.2. The number of carbonyl (C=O) groups is 1. The van der Waals surface area contributed by atoms with E-state index in [1.807, 2.05) is 4.68 Å². The highest BCUT2D eigenvalue weighted by atomic mass is 35.5. The number of amides is 2. The number of carbonyl (C=O) groups excluding carboxylic acids is 1. The summed E-state index contributed by atoms with van der Waals surface area (Å²) in [5.41, 5.74) is 1.10. The molecular weight excluding hydrogens is 453 g/mol. The number of anilines is 2. The summed E-state index contributed by atoms with van der Waals surface area (Å²) in [5, 5.41) is 11.3. The summed E-state index contributed by atoms with van der Waals surface area (Å²) in [6.07, 6.45) is 3.06. The van der Waals surface area contributed by atoms with Gasteiger partial charge in [-0.2, -0.15) is 5.10 Å². The molecular formula is C18H20Cl3N7O2. The summed E-state index contributed by atoms with van der Waals surface area (Å²) in [7, 11) is 0. The molecule has 9 nitrogen and oxygen atoms in total. The molecule has 0 radical (unpaired) electrons. The van der Waals surface area contributed by atoms with E-state index in [-0.39, 0.29) is 12.4 Å². The average Bonchev–Trinajstić information content (AvgIpc) is 3.13. The van der Waals surface area contributed by atoms with Crippen molar-refractivity contribution in [3.05, 3.63) is 40.8 Å². The fourth-order valence-corrected chi connectivity index (χ4v) is 3.52. The van der Waals surface area contributed by atoms with Crippen LogP contribution in [0.2, 0.25) is 10.0 Å². The van der Waals surface area contributed by atoms with Gasteiger partial charge >= 0.3 is 6.03 Å². The maximum atomic E-state index is 12.4. The van der Waals surface area contributed by atoms with Crippen LogP contribution in [0.25, 0.3) is 11.0 Å². The van der Waals surface area contributed by atoms with E-state index in [9.17, 15) is 4.79 Å². The maximum absolute atomic E-state index is 12.4. The Balaban J connectivity index is 0.00000256. The highest BCUT2D eigenvalue weighted by Gasteiger charge is 2.15. The predicted octanol–water partition coefficient (Wildman–Crippen LogP) is 3.53. The summed E-state index contributed by atoms with van der Waals surface area (Å²) >= 11 is 12.0. The van der Waals surface area contributed by atoms with Gasteiger partial charge in [-0.3, -0.25) is 10.2 Å². The summed E-state index contributed by atoms with van der Waals surface area (Å²) in [5.74, 6) is 0.371. The Morgan fingerprint density at radius 2 is 1.93 bits per heavy atom. The van der Waals surface area contributed by atoms with Crippen LogP contribution < -0.4 is 10.6 Å². The van der Waals surface area contributed by atoms with Gasteiger partial charge in [0.05, 0.1) is 42.1 Å². The van der Waals surface area contributed by atoms with Crippen molar-refractivity contribution in [3.63, 3.8) is 0 Å². The average molecular weight is 473 g/mol. The number of rotatable bonds is 5. The highest BCUT2D eigenvalue weighted by molar-refractivity contribution is 6.36. The first-order chi connectivity index (χ1) is 14.1. The lowest BCUT2D eigenvalue weighted by Crippen LogP contribution is -2.38. The minimum atomic E-state index is -0.477. The topological polar surface area (TPSA) is 97.2 Å². The van der Waals surface area contributed by atoms with E-state index in [2.05, 4.69) is 30.6 Å². The molecule has 0 unspecified atom stereocenters. The van der Waals surface area contributed by atoms with Crippen LogP contribution in [0.4, 0.5) is 16.3 Å². The van der Waals surface area contributed by atoms with Crippen LogP contribution in [0.15, 0.2) is 30.7 Å². The molecule has 0 bridgehead atoms. The van der Waals surface area contributed by atoms with Crippen LogP contribution >= 0.6 is 35.6 Å². The molecule has 1 aliphatic heterocycles. The molecule has 160 valence electrons. The number of halogens is 3. The van der Waals surface area contributed by atoms with Crippen LogP contribution in [0.1, 0.15) is 0 Å². The molecule has 4 rings (SSSR count). The van der Waals surface area contributed by atoms with E-state index in [0.717, 1.165) is 32.8 Å². The van der Waals surface area contributed by atoms with Crippen molar-refractivity contribution < 1.29 is 9.53 Å². The lowest BCUT2D eigenvalue weighted by atomic mass is 10.3. The first-order valence-electron chi connectivity index (χ1n) is 9.10. The molecule has 1 aromatic carbocycles. The molecule has 1 saturated heterocycles. The summed E-state index contributed by atoms with van der Waals surface area (Å²) in [6.45, 7) is 4.86. The van der Waals surface area contributed by atoms with Gasteiger partial charge in [0, 0.05) is 24.7 Å². The van der Waals surface area contributed by atoms with Gasteiger partial charge in [-0.25, -0.2) is 19.4 Å². The van der Waals surface area contributed by atoms with Gasteiger partial charge in [-0.1, -0.05) is 23.2 Å². The quantitative estimate of drug-likeness (QED) is 0.589. The van der Waals surface area contributed by atoms with Gasteiger partial charge in [0.15, 0.2) is 5.65 Å². The minimum Gasteiger partial charge on any atom is -0.379 e. The van der Waals surface area contributed by atoms with Crippen LogP contribution in [0.3, 0.4) is 0 Å². The van der Waals surface area contributed by atoms with E-state index < -0.39 is 6.03 Å². The van der Waals surface area contributed by atoms with Gasteiger partial charge in [-0.05, 0) is 18.2 Å². The van der Waals surface area contributed by atoms with E-state index >= 15 is 0 Å². The Morgan fingerprint density at radius 3 is 2.70 bits per heavy atom. The van der Waals surface area contributed by atoms with Gasteiger partial charge in [0.25, 0.3) is 0 Å². The molecule has 30 heavy (non-hydrogen) atoms. The number of aromatic nitrogens is 4. The summed E-state index contributed by atoms with van der Waals surface area (Å²) in [6, 6.07) is 4.35. The smallest absolute Gasteiger partial charge is 0.324 e. The second-order valence-electron chi connectivity index (χ2n) is 6.48. The van der Waals surface area contributed by atoms with E-state index in [1.165, 1.54) is 6.33 Å². The van der Waals surface area contributed by atoms with Crippen molar-refractivity contribution in [3.8, 4) is 0 Å². The van der Waals surface area contributed by atoms with Crippen molar-refractivity contribution >= 4 is 64.2 Å². The molecule has 2 N–H and O–H groups in total. The second-order valence-corrected chi connectivity index (χ2v) is 7.33. The van der Waals surface area contributed by atoms with Gasteiger partial charge in [0.2, 0.25) is 0 Å². The van der Waals surface area contributed by atoms with E-state index in [4.69, 9.17) is 27.9 Å². The summed E-state index contributed by atoms with van der Waals surface area (Å²) < 4.78 is 7.18. The molecule has 0 atom stereocenters. The van der Waals surface area contributed by atoms with Crippen molar-refractivity contribution in [1.29, 1.82) is 0 Å². The zero-order valence-corrected chi connectivity index (χ0v) is 18.2. The standard InChI is InChI=1S/C18H19Cl2N7O2.ClH/c19-12-1-2-15(14(20)9-12)24-18(28)25-16-13-10-23-27(17(13)22-11-21-16)4-3-26-5-7-29-8-6-26;/h1-2,9-11H,3-8H2,(H2,21,22,24,25,28);1H. The molecule has 2 amide bonds.